The second kappa shape index (κ2) is 6.95. The quantitative estimate of drug-likeness (QED) is 0.906. The van der Waals surface area contributed by atoms with Gasteiger partial charge in [-0.05, 0) is 25.0 Å². The molecule has 0 aliphatic heterocycles. The standard InChI is InChI=1S/C15H21ClN2O2/c1-18(2)15-12(16)8-5-9-13(15)17-14(19)10-20-11-6-3-4-7-11/h5,8-9,11H,3-4,6-7,10H2,1-2H3,(H,17,19). The van der Waals surface area contributed by atoms with Gasteiger partial charge in [0.1, 0.15) is 6.61 Å². The molecule has 1 aliphatic rings. The van der Waals surface area contributed by atoms with Gasteiger partial charge >= 0.3 is 0 Å². The van der Waals surface area contributed by atoms with Crippen molar-refractivity contribution >= 4 is 28.9 Å². The Labute approximate surface area is 125 Å². The van der Waals surface area contributed by atoms with Crippen LogP contribution in [0.1, 0.15) is 25.7 Å². The number of carbonyl (C=O) groups is 1. The van der Waals surface area contributed by atoms with Crippen LogP contribution in [-0.4, -0.2) is 32.7 Å². The smallest absolute Gasteiger partial charge is 0.250 e. The zero-order valence-electron chi connectivity index (χ0n) is 12.0. The Balaban J connectivity index is 1.95. The molecule has 5 heteroatoms. The van der Waals surface area contributed by atoms with Gasteiger partial charge in [0.15, 0.2) is 0 Å². The Hall–Kier alpha value is -1.26. The number of carbonyl (C=O) groups excluding carboxylic acids is 1. The molecule has 4 nitrogen and oxygen atoms in total. The first-order chi connectivity index (χ1) is 9.58. The highest BCUT2D eigenvalue weighted by Crippen LogP contribution is 2.32. The summed E-state index contributed by atoms with van der Waals surface area (Å²) in [7, 11) is 3.79. The first kappa shape index (κ1) is 15.1. The summed E-state index contributed by atoms with van der Waals surface area (Å²) in [5.74, 6) is -0.137. The van der Waals surface area contributed by atoms with E-state index in [2.05, 4.69) is 5.32 Å². The van der Waals surface area contributed by atoms with Gasteiger partial charge in [-0.25, -0.2) is 0 Å². The van der Waals surface area contributed by atoms with E-state index in [1.807, 2.05) is 37.2 Å². The SMILES string of the molecule is CN(C)c1c(Cl)cccc1NC(=O)COC1CCCC1. The minimum atomic E-state index is -0.137. The monoisotopic (exact) mass is 296 g/mol. The van der Waals surface area contributed by atoms with Gasteiger partial charge in [0.05, 0.1) is 22.5 Å². The average Bonchev–Trinajstić information content (AvgIpc) is 2.89. The highest BCUT2D eigenvalue weighted by molar-refractivity contribution is 6.34. The number of ether oxygens (including phenoxy) is 1. The predicted molar refractivity (Wildman–Crippen MR) is 82.6 cm³/mol. The summed E-state index contributed by atoms with van der Waals surface area (Å²) >= 11 is 6.16. The fourth-order valence-electron chi connectivity index (χ4n) is 2.51. The third kappa shape index (κ3) is 3.87. The molecular formula is C15H21ClN2O2. The van der Waals surface area contributed by atoms with Crippen LogP contribution in [0.2, 0.25) is 5.02 Å². The van der Waals surface area contributed by atoms with Crippen LogP contribution in [0.4, 0.5) is 11.4 Å². The van der Waals surface area contributed by atoms with Gasteiger partial charge in [0, 0.05) is 14.1 Å². The van der Waals surface area contributed by atoms with Crippen molar-refractivity contribution in [1.82, 2.24) is 0 Å². The second-order valence-corrected chi connectivity index (χ2v) is 5.70. The minimum Gasteiger partial charge on any atom is -0.375 e. The molecule has 1 aromatic rings. The lowest BCUT2D eigenvalue weighted by molar-refractivity contribution is -0.122. The molecule has 20 heavy (non-hydrogen) atoms. The van der Waals surface area contributed by atoms with Crippen molar-refractivity contribution in [3.05, 3.63) is 23.2 Å². The summed E-state index contributed by atoms with van der Waals surface area (Å²) in [5.41, 5.74) is 1.52. The van der Waals surface area contributed by atoms with Crippen molar-refractivity contribution in [2.24, 2.45) is 0 Å². The number of amides is 1. The normalized spacial score (nSPS) is 15.3. The number of nitrogens with one attached hydrogen (secondary N) is 1. The van der Waals surface area contributed by atoms with Gasteiger partial charge in [0.25, 0.3) is 0 Å². The first-order valence-corrected chi connectivity index (χ1v) is 7.33. The van der Waals surface area contributed by atoms with Crippen LogP contribution in [0.15, 0.2) is 18.2 Å². The van der Waals surface area contributed by atoms with Crippen molar-refractivity contribution in [2.45, 2.75) is 31.8 Å². The Bertz CT molecular complexity index is 471. The number of rotatable bonds is 5. The molecule has 1 aliphatic carbocycles. The lowest BCUT2D eigenvalue weighted by Gasteiger charge is -2.19. The average molecular weight is 297 g/mol. The van der Waals surface area contributed by atoms with Crippen molar-refractivity contribution in [3.8, 4) is 0 Å². The molecule has 0 atom stereocenters. The highest BCUT2D eigenvalue weighted by atomic mass is 35.5. The molecule has 2 rings (SSSR count). The van der Waals surface area contributed by atoms with Crippen molar-refractivity contribution < 1.29 is 9.53 Å². The Morgan fingerprint density at radius 2 is 2.10 bits per heavy atom. The van der Waals surface area contributed by atoms with Gasteiger partial charge in [0.2, 0.25) is 5.91 Å². The molecule has 1 aromatic carbocycles. The molecule has 0 bridgehead atoms. The molecular weight excluding hydrogens is 276 g/mol. The van der Waals surface area contributed by atoms with Crippen LogP contribution in [0.25, 0.3) is 0 Å². The number of benzene rings is 1. The Kier molecular flexibility index (Phi) is 5.26. The maximum atomic E-state index is 12.0. The van der Waals surface area contributed by atoms with E-state index in [0.717, 1.165) is 18.5 Å². The number of anilines is 2. The number of para-hydroxylation sites is 1. The second-order valence-electron chi connectivity index (χ2n) is 5.30. The Morgan fingerprint density at radius 1 is 1.40 bits per heavy atom. The van der Waals surface area contributed by atoms with Crippen LogP contribution in [0, 0.1) is 0 Å². The van der Waals surface area contributed by atoms with E-state index in [4.69, 9.17) is 16.3 Å². The zero-order chi connectivity index (χ0) is 14.5. The third-order valence-corrected chi connectivity index (χ3v) is 3.77. The van der Waals surface area contributed by atoms with Crippen LogP contribution in [-0.2, 0) is 9.53 Å². The number of hydrogen-bond acceptors (Lipinski definition) is 3. The topological polar surface area (TPSA) is 41.6 Å². The van der Waals surface area contributed by atoms with E-state index >= 15 is 0 Å². The fourth-order valence-corrected chi connectivity index (χ4v) is 2.85. The van der Waals surface area contributed by atoms with E-state index in [-0.39, 0.29) is 18.6 Å². The van der Waals surface area contributed by atoms with E-state index in [9.17, 15) is 4.79 Å². The molecule has 0 saturated heterocycles. The van der Waals surface area contributed by atoms with Crippen LogP contribution in [0.3, 0.4) is 0 Å². The minimum absolute atomic E-state index is 0.101. The first-order valence-electron chi connectivity index (χ1n) is 6.95. The van der Waals surface area contributed by atoms with E-state index < -0.39 is 0 Å². The van der Waals surface area contributed by atoms with Crippen LogP contribution in [0.5, 0.6) is 0 Å². The van der Waals surface area contributed by atoms with E-state index in [1.165, 1.54) is 12.8 Å². The van der Waals surface area contributed by atoms with Gasteiger partial charge in [-0.15, -0.1) is 0 Å². The van der Waals surface area contributed by atoms with Crippen LogP contribution >= 0.6 is 11.6 Å². The molecule has 110 valence electrons. The largest absolute Gasteiger partial charge is 0.375 e. The van der Waals surface area contributed by atoms with Gasteiger partial charge in [-0.1, -0.05) is 30.5 Å². The molecule has 1 amide bonds. The summed E-state index contributed by atoms with van der Waals surface area (Å²) in [4.78, 5) is 13.8. The van der Waals surface area contributed by atoms with Gasteiger partial charge < -0.3 is 15.0 Å². The summed E-state index contributed by atoms with van der Waals surface area (Å²) in [5, 5.41) is 3.48. The summed E-state index contributed by atoms with van der Waals surface area (Å²) < 4.78 is 5.61. The molecule has 1 saturated carbocycles. The molecule has 0 unspecified atom stereocenters. The zero-order valence-corrected chi connectivity index (χ0v) is 12.7. The molecule has 0 radical (unpaired) electrons. The number of halogens is 1. The van der Waals surface area contributed by atoms with Crippen molar-refractivity contribution in [1.29, 1.82) is 0 Å². The summed E-state index contributed by atoms with van der Waals surface area (Å²) in [6, 6.07) is 5.47. The molecule has 0 spiro atoms. The fraction of sp³-hybridized carbons (Fsp3) is 0.533. The van der Waals surface area contributed by atoms with Crippen LogP contribution < -0.4 is 10.2 Å². The van der Waals surface area contributed by atoms with Crippen molar-refractivity contribution in [2.75, 3.05) is 30.9 Å². The molecule has 0 heterocycles. The van der Waals surface area contributed by atoms with Gasteiger partial charge in [-0.2, -0.15) is 0 Å². The lowest BCUT2D eigenvalue weighted by Crippen LogP contribution is -2.23. The maximum absolute atomic E-state index is 12.0. The summed E-state index contributed by atoms with van der Waals surface area (Å²) in [6.07, 6.45) is 4.77. The number of hydrogen-bond donors (Lipinski definition) is 1. The van der Waals surface area contributed by atoms with E-state index in [0.29, 0.717) is 10.7 Å². The highest BCUT2D eigenvalue weighted by Gasteiger charge is 2.17. The number of nitrogens with zero attached hydrogens (tertiary/aromatic N) is 1. The van der Waals surface area contributed by atoms with E-state index in [1.54, 1.807) is 0 Å². The lowest BCUT2D eigenvalue weighted by atomic mass is 10.2. The predicted octanol–water partition coefficient (Wildman–Crippen LogP) is 3.30. The molecule has 0 aromatic heterocycles. The molecule has 1 fully saturated rings. The maximum Gasteiger partial charge on any atom is 0.250 e. The Morgan fingerprint density at radius 3 is 2.75 bits per heavy atom. The summed E-state index contributed by atoms with van der Waals surface area (Å²) in [6.45, 7) is 0.101. The molecule has 1 N–H and O–H groups in total. The van der Waals surface area contributed by atoms with Crippen molar-refractivity contribution in [3.63, 3.8) is 0 Å². The van der Waals surface area contributed by atoms with Gasteiger partial charge in [-0.3, -0.25) is 4.79 Å². The third-order valence-electron chi connectivity index (χ3n) is 3.46.